The molecule has 0 bridgehead atoms. The Kier molecular flexibility index (Phi) is 3.48. The summed E-state index contributed by atoms with van der Waals surface area (Å²) in [5.74, 6) is 0.868. The Bertz CT molecular complexity index is 258. The summed E-state index contributed by atoms with van der Waals surface area (Å²) in [6, 6.07) is 6.43. The predicted octanol–water partition coefficient (Wildman–Crippen LogP) is 2.65. The maximum Gasteiger partial charge on any atom is 0.0372 e. The van der Waals surface area contributed by atoms with Gasteiger partial charge in [0.15, 0.2) is 0 Å². The van der Waals surface area contributed by atoms with Gasteiger partial charge in [-0.15, -0.1) is 0 Å². The van der Waals surface area contributed by atoms with Crippen LogP contribution in [0, 0.1) is 13.8 Å². The molecule has 0 amide bonds. The van der Waals surface area contributed by atoms with Crippen LogP contribution in [-0.2, 0) is 0 Å². The molecule has 0 atom stereocenters. The van der Waals surface area contributed by atoms with E-state index in [1.54, 1.807) is 0 Å². The lowest BCUT2D eigenvalue weighted by Gasteiger charge is -2.08. The van der Waals surface area contributed by atoms with Crippen molar-refractivity contribution in [3.8, 4) is 0 Å². The van der Waals surface area contributed by atoms with Gasteiger partial charge in [0.25, 0.3) is 0 Å². The second kappa shape index (κ2) is 4.41. The van der Waals surface area contributed by atoms with Gasteiger partial charge in [-0.2, -0.15) is 12.6 Å². The maximum atomic E-state index is 4.15. The topological polar surface area (TPSA) is 12.0 Å². The number of anilines is 1. The molecule has 0 saturated carbocycles. The molecule has 12 heavy (non-hydrogen) atoms. The van der Waals surface area contributed by atoms with Gasteiger partial charge in [0.05, 0.1) is 0 Å². The van der Waals surface area contributed by atoms with Crippen molar-refractivity contribution in [1.29, 1.82) is 0 Å². The van der Waals surface area contributed by atoms with Crippen LogP contribution in [0.25, 0.3) is 0 Å². The molecule has 2 heteroatoms. The number of benzene rings is 1. The van der Waals surface area contributed by atoms with Crippen LogP contribution in [0.3, 0.4) is 0 Å². The van der Waals surface area contributed by atoms with Crippen molar-refractivity contribution in [3.63, 3.8) is 0 Å². The molecule has 66 valence electrons. The Morgan fingerprint density at radius 3 is 2.75 bits per heavy atom. The van der Waals surface area contributed by atoms with Gasteiger partial charge in [0.1, 0.15) is 0 Å². The minimum atomic E-state index is 0.868. The summed E-state index contributed by atoms with van der Waals surface area (Å²) < 4.78 is 0. The minimum Gasteiger partial charge on any atom is -0.384 e. The second-order valence-corrected chi connectivity index (χ2v) is 3.42. The van der Waals surface area contributed by atoms with Crippen LogP contribution < -0.4 is 5.32 Å². The highest BCUT2D eigenvalue weighted by molar-refractivity contribution is 7.80. The third-order valence-electron chi connectivity index (χ3n) is 1.82. The van der Waals surface area contributed by atoms with Crippen LogP contribution in [0.15, 0.2) is 18.2 Å². The van der Waals surface area contributed by atoms with E-state index in [-0.39, 0.29) is 0 Å². The molecule has 1 aromatic carbocycles. The lowest BCUT2D eigenvalue weighted by molar-refractivity contribution is 1.21. The summed E-state index contributed by atoms with van der Waals surface area (Å²) in [5.41, 5.74) is 3.81. The number of aryl methyl sites for hydroxylation is 2. The van der Waals surface area contributed by atoms with E-state index >= 15 is 0 Å². The van der Waals surface area contributed by atoms with Crippen LogP contribution in [-0.4, -0.2) is 12.3 Å². The fourth-order valence-corrected chi connectivity index (χ4v) is 1.23. The van der Waals surface area contributed by atoms with E-state index < -0.39 is 0 Å². The Morgan fingerprint density at radius 1 is 1.33 bits per heavy atom. The molecule has 1 N–H and O–H groups in total. The third-order valence-corrected chi connectivity index (χ3v) is 2.04. The van der Waals surface area contributed by atoms with Gasteiger partial charge in [-0.1, -0.05) is 12.1 Å². The summed E-state index contributed by atoms with van der Waals surface area (Å²) in [6.07, 6.45) is 0. The molecular weight excluding hydrogens is 166 g/mol. The zero-order valence-corrected chi connectivity index (χ0v) is 8.49. The molecular formula is C10H15NS. The number of rotatable bonds is 3. The zero-order valence-electron chi connectivity index (χ0n) is 7.59. The first-order valence-corrected chi connectivity index (χ1v) is 4.79. The number of nitrogens with one attached hydrogen (secondary N) is 1. The van der Waals surface area contributed by atoms with E-state index in [9.17, 15) is 0 Å². The first-order chi connectivity index (χ1) is 5.74. The van der Waals surface area contributed by atoms with Gasteiger partial charge in [-0.05, 0) is 31.0 Å². The molecule has 0 aliphatic heterocycles. The molecule has 0 saturated heterocycles. The molecule has 0 aromatic heterocycles. The quantitative estimate of drug-likeness (QED) is 0.683. The van der Waals surface area contributed by atoms with E-state index in [4.69, 9.17) is 0 Å². The van der Waals surface area contributed by atoms with Crippen molar-refractivity contribution in [2.24, 2.45) is 0 Å². The standard InChI is InChI=1S/C10H15NS/c1-8-3-4-9(2)10(7-8)11-5-6-12/h3-4,7,11-12H,5-6H2,1-2H3. The Morgan fingerprint density at radius 2 is 2.08 bits per heavy atom. The largest absolute Gasteiger partial charge is 0.384 e. The highest BCUT2D eigenvalue weighted by atomic mass is 32.1. The molecule has 0 unspecified atom stereocenters. The molecule has 1 rings (SSSR count). The molecule has 0 aliphatic carbocycles. The molecule has 0 radical (unpaired) electrons. The van der Waals surface area contributed by atoms with E-state index in [0.717, 1.165) is 12.3 Å². The molecule has 0 heterocycles. The summed E-state index contributed by atoms with van der Waals surface area (Å²) in [6.45, 7) is 5.14. The number of hydrogen-bond acceptors (Lipinski definition) is 2. The average molecular weight is 181 g/mol. The SMILES string of the molecule is Cc1ccc(C)c(NCCS)c1. The van der Waals surface area contributed by atoms with Crippen molar-refractivity contribution in [3.05, 3.63) is 29.3 Å². The fraction of sp³-hybridized carbons (Fsp3) is 0.400. The molecule has 1 nitrogen and oxygen atoms in total. The Balaban J connectivity index is 2.75. The lowest BCUT2D eigenvalue weighted by Crippen LogP contribution is -2.03. The Labute approximate surface area is 79.6 Å². The van der Waals surface area contributed by atoms with Gasteiger partial charge in [0, 0.05) is 18.0 Å². The van der Waals surface area contributed by atoms with E-state index in [0.29, 0.717) is 0 Å². The van der Waals surface area contributed by atoms with Crippen LogP contribution in [0.2, 0.25) is 0 Å². The van der Waals surface area contributed by atoms with Crippen molar-refractivity contribution in [2.75, 3.05) is 17.6 Å². The minimum absolute atomic E-state index is 0.868. The van der Waals surface area contributed by atoms with E-state index in [1.807, 2.05) is 0 Å². The summed E-state index contributed by atoms with van der Waals surface area (Å²) >= 11 is 4.15. The number of thiol groups is 1. The van der Waals surface area contributed by atoms with Gasteiger partial charge in [0.2, 0.25) is 0 Å². The lowest BCUT2D eigenvalue weighted by atomic mass is 10.1. The fourth-order valence-electron chi connectivity index (χ4n) is 1.12. The number of hydrogen-bond donors (Lipinski definition) is 2. The normalized spacial score (nSPS) is 9.92. The van der Waals surface area contributed by atoms with Gasteiger partial charge >= 0.3 is 0 Å². The molecule has 0 fully saturated rings. The van der Waals surface area contributed by atoms with Crippen molar-refractivity contribution < 1.29 is 0 Å². The molecule has 1 aromatic rings. The zero-order chi connectivity index (χ0) is 8.97. The summed E-state index contributed by atoms with van der Waals surface area (Å²) in [4.78, 5) is 0. The third kappa shape index (κ3) is 2.45. The first-order valence-electron chi connectivity index (χ1n) is 4.16. The highest BCUT2D eigenvalue weighted by Gasteiger charge is 1.95. The monoisotopic (exact) mass is 181 g/mol. The van der Waals surface area contributed by atoms with Crippen LogP contribution >= 0.6 is 12.6 Å². The second-order valence-electron chi connectivity index (χ2n) is 2.97. The Hall–Kier alpha value is -0.630. The average Bonchev–Trinajstić information content (AvgIpc) is 2.07. The van der Waals surface area contributed by atoms with E-state index in [2.05, 4.69) is 50.0 Å². The predicted molar refractivity (Wildman–Crippen MR) is 58.3 cm³/mol. The summed E-state index contributed by atoms with van der Waals surface area (Å²) in [5, 5.41) is 3.33. The molecule has 0 spiro atoms. The van der Waals surface area contributed by atoms with Crippen LogP contribution in [0.5, 0.6) is 0 Å². The van der Waals surface area contributed by atoms with Gasteiger partial charge < -0.3 is 5.32 Å². The molecule has 0 aliphatic rings. The first kappa shape index (κ1) is 9.46. The van der Waals surface area contributed by atoms with Gasteiger partial charge in [-0.3, -0.25) is 0 Å². The van der Waals surface area contributed by atoms with Crippen molar-refractivity contribution >= 4 is 18.3 Å². The maximum absolute atomic E-state index is 4.15. The summed E-state index contributed by atoms with van der Waals surface area (Å²) in [7, 11) is 0. The van der Waals surface area contributed by atoms with Crippen LogP contribution in [0.1, 0.15) is 11.1 Å². The van der Waals surface area contributed by atoms with Crippen molar-refractivity contribution in [2.45, 2.75) is 13.8 Å². The van der Waals surface area contributed by atoms with E-state index in [1.165, 1.54) is 16.8 Å². The van der Waals surface area contributed by atoms with Gasteiger partial charge in [-0.25, -0.2) is 0 Å². The smallest absolute Gasteiger partial charge is 0.0372 e. The highest BCUT2D eigenvalue weighted by Crippen LogP contribution is 2.15. The van der Waals surface area contributed by atoms with Crippen LogP contribution in [0.4, 0.5) is 5.69 Å². The van der Waals surface area contributed by atoms with Crippen molar-refractivity contribution in [1.82, 2.24) is 0 Å².